The fourth-order valence-electron chi connectivity index (χ4n) is 1.62. The van der Waals surface area contributed by atoms with Gasteiger partial charge in [0.1, 0.15) is 11.9 Å². The molecule has 2 aromatic rings. The molecule has 0 atom stereocenters. The van der Waals surface area contributed by atoms with Crippen LogP contribution >= 0.6 is 0 Å². The molecule has 5 nitrogen and oxygen atoms in total. The number of pyridine rings is 1. The van der Waals surface area contributed by atoms with E-state index in [0.29, 0.717) is 0 Å². The molecule has 15 heavy (non-hydrogen) atoms. The van der Waals surface area contributed by atoms with Gasteiger partial charge in [-0.3, -0.25) is 4.68 Å². The number of hydrogen-bond acceptors (Lipinski definition) is 3. The number of aromatic nitrogens is 3. The van der Waals surface area contributed by atoms with Crippen LogP contribution in [0.1, 0.15) is 5.69 Å². The minimum atomic E-state index is 0.933. The first-order valence-electron chi connectivity index (χ1n) is 4.68. The fourth-order valence-corrected chi connectivity index (χ4v) is 1.62. The highest BCUT2D eigenvalue weighted by atomic mass is 15.3. The molecule has 1 aliphatic rings. The second-order valence-electron chi connectivity index (χ2n) is 3.51. The first-order valence-corrected chi connectivity index (χ1v) is 4.68. The largest absolute Gasteiger partial charge is 0.275 e. The number of quaternary nitrogens is 1. The summed E-state index contributed by atoms with van der Waals surface area (Å²) in [6.07, 6.45) is 7.42. The van der Waals surface area contributed by atoms with E-state index in [0.717, 1.165) is 22.5 Å². The van der Waals surface area contributed by atoms with Crippen molar-refractivity contribution in [2.45, 2.75) is 0 Å². The number of fused-ring (bicyclic) bond motifs is 1. The van der Waals surface area contributed by atoms with Crippen LogP contribution in [0, 0.1) is 0 Å². The molecule has 3 heterocycles. The zero-order valence-electron chi connectivity index (χ0n) is 8.25. The van der Waals surface area contributed by atoms with E-state index < -0.39 is 0 Å². The molecule has 0 unspecified atom stereocenters. The Bertz CT molecular complexity index is 540. The number of aryl methyl sites for hydroxylation is 1. The Hall–Kier alpha value is -2.01. The summed E-state index contributed by atoms with van der Waals surface area (Å²) in [5.74, 6) is 0. The predicted molar refractivity (Wildman–Crippen MR) is 55.6 cm³/mol. The Labute approximate surface area is 86.5 Å². The molecule has 2 aromatic heterocycles. The maximum atomic E-state index is 4.33. The van der Waals surface area contributed by atoms with E-state index in [1.807, 2.05) is 31.1 Å². The summed E-state index contributed by atoms with van der Waals surface area (Å²) in [5.41, 5.74) is 5.97. The molecule has 0 saturated heterocycles. The van der Waals surface area contributed by atoms with Crippen LogP contribution in [0.2, 0.25) is 0 Å². The van der Waals surface area contributed by atoms with Gasteiger partial charge < -0.3 is 0 Å². The third-order valence-electron chi connectivity index (χ3n) is 2.40. The molecule has 0 fully saturated rings. The molecular formula is C10H10N5+. The Morgan fingerprint density at radius 3 is 3.00 bits per heavy atom. The fraction of sp³-hybridized carbons (Fsp3) is 0.100. The zero-order valence-corrected chi connectivity index (χ0v) is 8.25. The summed E-state index contributed by atoms with van der Waals surface area (Å²) >= 11 is 0. The third kappa shape index (κ3) is 1.33. The standard InChI is InChI=1S/C10H9N5/c1-15-6-8(4-13-15)7-2-9-10(11-3-7)5-12-14-9/h2-6H,1H3,(H,12,14)/p+1. The maximum absolute atomic E-state index is 4.33. The van der Waals surface area contributed by atoms with Crippen molar-refractivity contribution < 1.29 is 5.43 Å². The van der Waals surface area contributed by atoms with Crippen LogP contribution in [-0.2, 0) is 7.05 Å². The zero-order chi connectivity index (χ0) is 10.3. The van der Waals surface area contributed by atoms with Crippen LogP contribution in [-0.4, -0.2) is 21.0 Å². The van der Waals surface area contributed by atoms with Crippen molar-refractivity contribution >= 4 is 11.9 Å². The summed E-state index contributed by atoms with van der Waals surface area (Å²) in [7, 11) is 1.90. The van der Waals surface area contributed by atoms with Gasteiger partial charge >= 0.3 is 0 Å². The molecule has 74 valence electrons. The SMILES string of the molecule is Cn1cc(-c2cnc3c(c2)[NH2+]N=C3)cn1. The lowest BCUT2D eigenvalue weighted by Crippen LogP contribution is -2.69. The number of rotatable bonds is 1. The summed E-state index contributed by atoms with van der Waals surface area (Å²) < 4.78 is 1.78. The first-order chi connectivity index (χ1) is 7.33. The van der Waals surface area contributed by atoms with Crippen molar-refractivity contribution in [2.75, 3.05) is 0 Å². The van der Waals surface area contributed by atoms with Crippen molar-refractivity contribution in [1.82, 2.24) is 14.8 Å². The minimum absolute atomic E-state index is 0.933. The highest BCUT2D eigenvalue weighted by Gasteiger charge is 2.13. The molecule has 0 aliphatic carbocycles. The molecule has 0 spiro atoms. The minimum Gasteiger partial charge on any atom is -0.275 e. The maximum Gasteiger partial charge on any atom is 0.184 e. The smallest absolute Gasteiger partial charge is 0.184 e. The third-order valence-corrected chi connectivity index (χ3v) is 2.40. The van der Waals surface area contributed by atoms with Gasteiger partial charge in [-0.15, -0.1) is 0 Å². The van der Waals surface area contributed by atoms with Crippen LogP contribution < -0.4 is 5.43 Å². The molecule has 0 amide bonds. The van der Waals surface area contributed by atoms with Gasteiger partial charge in [0.05, 0.1) is 6.20 Å². The molecular weight excluding hydrogens is 190 g/mol. The van der Waals surface area contributed by atoms with E-state index >= 15 is 0 Å². The molecule has 2 N–H and O–H groups in total. The van der Waals surface area contributed by atoms with E-state index in [1.54, 1.807) is 10.9 Å². The Morgan fingerprint density at radius 2 is 2.20 bits per heavy atom. The molecule has 3 rings (SSSR count). The van der Waals surface area contributed by atoms with Crippen molar-refractivity contribution in [3.8, 4) is 11.1 Å². The van der Waals surface area contributed by atoms with E-state index in [2.05, 4.69) is 21.3 Å². The van der Waals surface area contributed by atoms with Crippen molar-refractivity contribution in [2.24, 2.45) is 12.1 Å². The Kier molecular flexibility index (Phi) is 1.66. The van der Waals surface area contributed by atoms with E-state index in [4.69, 9.17) is 0 Å². The van der Waals surface area contributed by atoms with Gasteiger partial charge in [-0.05, 0) is 0 Å². The van der Waals surface area contributed by atoms with Gasteiger partial charge in [-0.1, -0.05) is 5.10 Å². The molecule has 0 aromatic carbocycles. The molecule has 0 bridgehead atoms. The van der Waals surface area contributed by atoms with Crippen molar-refractivity contribution in [3.63, 3.8) is 0 Å². The van der Waals surface area contributed by atoms with Gasteiger partial charge in [0.2, 0.25) is 0 Å². The lowest BCUT2D eigenvalue weighted by Gasteiger charge is -1.97. The average molecular weight is 200 g/mol. The van der Waals surface area contributed by atoms with Crippen LogP contribution in [0.15, 0.2) is 29.8 Å². The number of nitrogens with two attached hydrogens (primary N) is 1. The van der Waals surface area contributed by atoms with Gasteiger partial charge in [0, 0.05) is 36.6 Å². The summed E-state index contributed by atoms with van der Waals surface area (Å²) in [4.78, 5) is 4.33. The van der Waals surface area contributed by atoms with E-state index in [9.17, 15) is 0 Å². The summed E-state index contributed by atoms with van der Waals surface area (Å²) in [5, 5.41) is 8.19. The number of hydrogen-bond donors (Lipinski definition) is 1. The highest BCUT2D eigenvalue weighted by Crippen LogP contribution is 2.21. The first kappa shape index (κ1) is 8.31. The molecule has 0 saturated carbocycles. The molecule has 5 heteroatoms. The second-order valence-corrected chi connectivity index (χ2v) is 3.51. The van der Waals surface area contributed by atoms with Crippen molar-refractivity contribution in [1.29, 1.82) is 0 Å². The van der Waals surface area contributed by atoms with Crippen LogP contribution in [0.25, 0.3) is 11.1 Å². The van der Waals surface area contributed by atoms with Gasteiger partial charge in [0.15, 0.2) is 5.69 Å². The van der Waals surface area contributed by atoms with Crippen LogP contribution in [0.3, 0.4) is 0 Å². The van der Waals surface area contributed by atoms with Gasteiger partial charge in [-0.2, -0.15) is 10.5 Å². The van der Waals surface area contributed by atoms with Crippen LogP contribution in [0.4, 0.5) is 5.69 Å². The highest BCUT2D eigenvalue weighted by molar-refractivity contribution is 5.85. The Balaban J connectivity index is 2.08. The molecule has 0 radical (unpaired) electrons. The second kappa shape index (κ2) is 2.99. The topological polar surface area (TPSA) is 59.7 Å². The van der Waals surface area contributed by atoms with Crippen LogP contribution in [0.5, 0.6) is 0 Å². The monoisotopic (exact) mass is 200 g/mol. The normalized spacial score (nSPS) is 13.1. The summed E-state index contributed by atoms with van der Waals surface area (Å²) in [6.45, 7) is 0. The lowest BCUT2D eigenvalue weighted by atomic mass is 10.1. The molecule has 1 aliphatic heterocycles. The number of nitrogens with zero attached hydrogens (tertiary/aromatic N) is 4. The average Bonchev–Trinajstić information content (AvgIpc) is 2.84. The van der Waals surface area contributed by atoms with E-state index in [-0.39, 0.29) is 0 Å². The van der Waals surface area contributed by atoms with E-state index in [1.165, 1.54) is 0 Å². The lowest BCUT2D eigenvalue weighted by molar-refractivity contribution is -0.573. The quantitative estimate of drug-likeness (QED) is 0.660. The summed E-state index contributed by atoms with van der Waals surface area (Å²) in [6, 6.07) is 2.08. The van der Waals surface area contributed by atoms with Gasteiger partial charge in [-0.25, -0.2) is 4.98 Å². The van der Waals surface area contributed by atoms with Gasteiger partial charge in [0.25, 0.3) is 0 Å². The Morgan fingerprint density at radius 1 is 1.27 bits per heavy atom. The predicted octanol–water partition coefficient (Wildman–Crippen LogP) is 0.0245. The van der Waals surface area contributed by atoms with Crippen molar-refractivity contribution in [3.05, 3.63) is 30.4 Å².